The molecule has 1 saturated heterocycles. The third kappa shape index (κ3) is 2.27. The van der Waals surface area contributed by atoms with Gasteiger partial charge in [-0.3, -0.25) is 9.59 Å². The van der Waals surface area contributed by atoms with Gasteiger partial charge in [-0.25, -0.2) is 0 Å². The molecule has 136 valence electrons. The Hall–Kier alpha value is -1.78. The van der Waals surface area contributed by atoms with Crippen LogP contribution in [0.5, 0.6) is 0 Å². The maximum Gasteiger partial charge on any atom is 0.312 e. The van der Waals surface area contributed by atoms with E-state index in [9.17, 15) is 9.59 Å². The Morgan fingerprint density at radius 2 is 2.08 bits per heavy atom. The summed E-state index contributed by atoms with van der Waals surface area (Å²) in [5, 5.41) is 0. The molecule has 1 aromatic rings. The number of rotatable bonds is 1. The van der Waals surface area contributed by atoms with Gasteiger partial charge in [0.25, 0.3) is 0 Å². The Labute approximate surface area is 148 Å². The fourth-order valence-electron chi connectivity index (χ4n) is 6.19. The maximum absolute atomic E-state index is 12.4. The first kappa shape index (κ1) is 16.7. The van der Waals surface area contributed by atoms with E-state index in [2.05, 4.69) is 13.8 Å². The Bertz CT molecular complexity index is 707. The van der Waals surface area contributed by atoms with E-state index in [1.54, 1.807) is 0 Å². The highest BCUT2D eigenvalue weighted by Crippen LogP contribution is 2.62. The van der Waals surface area contributed by atoms with Crippen molar-refractivity contribution in [2.75, 3.05) is 13.7 Å². The van der Waals surface area contributed by atoms with E-state index >= 15 is 0 Å². The smallest absolute Gasteiger partial charge is 0.312 e. The predicted octanol–water partition coefficient (Wildman–Crippen LogP) is 3.25. The van der Waals surface area contributed by atoms with Gasteiger partial charge in [0.1, 0.15) is 6.61 Å². The standard InChI is InChI=1S/C20H26O5/c1-19-7-6-14-13(18(22)23-3)10-25-17(21)8-20(14,2)16(19)5-4-12-9-24-11-15(12)19/h9,11,13-14,16H,4-8,10H2,1-3H3. The lowest BCUT2D eigenvalue weighted by Gasteiger charge is -2.58. The first-order valence-corrected chi connectivity index (χ1v) is 9.19. The molecule has 25 heavy (non-hydrogen) atoms. The van der Waals surface area contributed by atoms with E-state index in [1.165, 1.54) is 18.2 Å². The SMILES string of the molecule is COC(=O)C1COC(=O)CC2(C)C1CCC1(C)c3cocc3CCC12. The molecular weight excluding hydrogens is 320 g/mol. The highest BCUT2D eigenvalue weighted by molar-refractivity contribution is 5.76. The number of furan rings is 1. The van der Waals surface area contributed by atoms with Gasteiger partial charge in [-0.05, 0) is 59.5 Å². The van der Waals surface area contributed by atoms with Gasteiger partial charge in [-0.15, -0.1) is 0 Å². The molecular formula is C20H26O5. The first-order chi connectivity index (χ1) is 11.9. The Morgan fingerprint density at radius 1 is 1.28 bits per heavy atom. The molecule has 5 heteroatoms. The zero-order valence-corrected chi connectivity index (χ0v) is 15.2. The first-order valence-electron chi connectivity index (χ1n) is 9.19. The number of aryl methyl sites for hydroxylation is 1. The van der Waals surface area contributed by atoms with Crippen molar-refractivity contribution < 1.29 is 23.5 Å². The summed E-state index contributed by atoms with van der Waals surface area (Å²) in [7, 11) is 1.41. The summed E-state index contributed by atoms with van der Waals surface area (Å²) in [6.45, 7) is 4.63. The molecule has 1 aromatic heterocycles. The van der Waals surface area contributed by atoms with E-state index < -0.39 is 0 Å². The Morgan fingerprint density at radius 3 is 2.84 bits per heavy atom. The number of methoxy groups -OCH3 is 1. The van der Waals surface area contributed by atoms with Crippen molar-refractivity contribution in [1.82, 2.24) is 0 Å². The van der Waals surface area contributed by atoms with Gasteiger partial charge in [-0.2, -0.15) is 0 Å². The molecule has 5 nitrogen and oxygen atoms in total. The third-order valence-corrected chi connectivity index (χ3v) is 7.39. The molecule has 0 aromatic carbocycles. The molecule has 1 saturated carbocycles. The number of ether oxygens (including phenoxy) is 2. The topological polar surface area (TPSA) is 65.7 Å². The van der Waals surface area contributed by atoms with E-state index in [-0.39, 0.29) is 41.2 Å². The zero-order valence-electron chi connectivity index (χ0n) is 15.2. The van der Waals surface area contributed by atoms with Crippen molar-refractivity contribution in [3.63, 3.8) is 0 Å². The third-order valence-electron chi connectivity index (χ3n) is 7.39. The molecule has 4 rings (SSSR count). The molecule has 3 aliphatic rings. The van der Waals surface area contributed by atoms with Crippen LogP contribution in [0, 0.1) is 23.2 Å². The number of fused-ring (bicyclic) bond motifs is 5. The number of esters is 2. The Balaban J connectivity index is 1.79. The highest BCUT2D eigenvalue weighted by Gasteiger charge is 2.60. The molecule has 1 aliphatic heterocycles. The average Bonchev–Trinajstić information content (AvgIpc) is 3.01. The van der Waals surface area contributed by atoms with Crippen molar-refractivity contribution in [3.05, 3.63) is 23.7 Å². The largest absolute Gasteiger partial charge is 0.472 e. The fourth-order valence-corrected chi connectivity index (χ4v) is 6.19. The van der Waals surface area contributed by atoms with Gasteiger partial charge in [0.15, 0.2) is 0 Å². The van der Waals surface area contributed by atoms with Crippen LogP contribution in [0.25, 0.3) is 0 Å². The molecule has 0 N–H and O–H groups in total. The molecule has 2 fully saturated rings. The zero-order chi connectivity index (χ0) is 17.8. The number of cyclic esters (lactones) is 1. The van der Waals surface area contributed by atoms with Crippen molar-refractivity contribution in [3.8, 4) is 0 Å². The lowest BCUT2D eigenvalue weighted by molar-refractivity contribution is -0.154. The highest BCUT2D eigenvalue weighted by atomic mass is 16.5. The van der Waals surface area contributed by atoms with E-state index in [1.807, 2.05) is 12.5 Å². The van der Waals surface area contributed by atoms with Crippen LogP contribution in [0.1, 0.15) is 50.7 Å². The molecule has 2 aliphatic carbocycles. The summed E-state index contributed by atoms with van der Waals surface area (Å²) in [6, 6.07) is 0. The second-order valence-electron chi connectivity index (χ2n) is 8.46. The summed E-state index contributed by atoms with van der Waals surface area (Å²) in [6.07, 6.45) is 7.99. The van der Waals surface area contributed by atoms with Gasteiger partial charge < -0.3 is 13.9 Å². The van der Waals surface area contributed by atoms with Crippen LogP contribution in [0.15, 0.2) is 16.9 Å². The van der Waals surface area contributed by atoms with Gasteiger partial charge >= 0.3 is 11.9 Å². The number of hydrogen-bond donors (Lipinski definition) is 0. The number of hydrogen-bond acceptors (Lipinski definition) is 5. The minimum Gasteiger partial charge on any atom is -0.472 e. The quantitative estimate of drug-likeness (QED) is 0.730. The summed E-state index contributed by atoms with van der Waals surface area (Å²) < 4.78 is 15.9. The van der Waals surface area contributed by atoms with Crippen molar-refractivity contribution >= 4 is 11.9 Å². The van der Waals surface area contributed by atoms with Crippen LogP contribution < -0.4 is 0 Å². The second kappa shape index (κ2) is 5.61. The minimum atomic E-state index is -0.364. The van der Waals surface area contributed by atoms with Gasteiger partial charge in [0, 0.05) is 0 Å². The molecule has 0 spiro atoms. The summed E-state index contributed by atoms with van der Waals surface area (Å²) in [5.41, 5.74) is 2.29. The van der Waals surface area contributed by atoms with Gasteiger partial charge in [-0.1, -0.05) is 13.8 Å². The molecule has 2 heterocycles. The molecule has 0 bridgehead atoms. The normalized spacial score (nSPS) is 40.1. The monoisotopic (exact) mass is 346 g/mol. The lowest BCUT2D eigenvalue weighted by atomic mass is 9.45. The number of carbonyl (C=O) groups is 2. The summed E-state index contributed by atoms with van der Waals surface area (Å²) >= 11 is 0. The van der Waals surface area contributed by atoms with Crippen LogP contribution >= 0.6 is 0 Å². The van der Waals surface area contributed by atoms with Crippen LogP contribution in [-0.4, -0.2) is 25.7 Å². The number of carbonyl (C=O) groups excluding carboxylic acids is 2. The van der Waals surface area contributed by atoms with E-state index in [0.717, 1.165) is 25.7 Å². The van der Waals surface area contributed by atoms with Crippen molar-refractivity contribution in [2.24, 2.45) is 23.2 Å². The van der Waals surface area contributed by atoms with Gasteiger partial charge in [0.05, 0.1) is 32.0 Å². The summed E-state index contributed by atoms with van der Waals surface area (Å²) in [4.78, 5) is 24.8. The van der Waals surface area contributed by atoms with Crippen LogP contribution in [-0.2, 0) is 30.9 Å². The van der Waals surface area contributed by atoms with Crippen LogP contribution in [0.3, 0.4) is 0 Å². The van der Waals surface area contributed by atoms with Crippen LogP contribution in [0.4, 0.5) is 0 Å². The van der Waals surface area contributed by atoms with Crippen molar-refractivity contribution in [1.29, 1.82) is 0 Å². The summed E-state index contributed by atoms with van der Waals surface area (Å²) in [5.74, 6) is -0.383. The van der Waals surface area contributed by atoms with Crippen molar-refractivity contribution in [2.45, 2.75) is 51.4 Å². The Kier molecular flexibility index (Phi) is 3.74. The van der Waals surface area contributed by atoms with Crippen LogP contribution in [0.2, 0.25) is 0 Å². The average molecular weight is 346 g/mol. The lowest BCUT2D eigenvalue weighted by Crippen LogP contribution is -2.55. The maximum atomic E-state index is 12.4. The molecule has 0 amide bonds. The van der Waals surface area contributed by atoms with Gasteiger partial charge in [0.2, 0.25) is 0 Å². The predicted molar refractivity (Wildman–Crippen MR) is 89.8 cm³/mol. The second-order valence-corrected chi connectivity index (χ2v) is 8.46. The van der Waals surface area contributed by atoms with E-state index in [4.69, 9.17) is 13.9 Å². The molecule has 5 unspecified atom stereocenters. The minimum absolute atomic E-state index is 0.0167. The fraction of sp³-hybridized carbons (Fsp3) is 0.700. The molecule has 5 atom stereocenters. The van der Waals surface area contributed by atoms with E-state index in [0.29, 0.717) is 12.3 Å². The molecule has 0 radical (unpaired) electrons.